The number of amides is 1. The lowest BCUT2D eigenvalue weighted by Crippen LogP contribution is -2.53. The molecule has 4 aliphatic rings. The topological polar surface area (TPSA) is 103 Å². The molecule has 1 N–H and O–H groups in total. The second-order valence-electron chi connectivity index (χ2n) is 13.8. The van der Waals surface area contributed by atoms with E-state index < -0.39 is 27.0 Å². The Balaban J connectivity index is 1.45. The Morgan fingerprint density at radius 1 is 1.11 bits per heavy atom. The summed E-state index contributed by atoms with van der Waals surface area (Å²) in [6.45, 7) is 4.00. The molecular formula is C36H47ClN2O7S. The number of fused-ring (bicyclic) bond motifs is 4. The highest BCUT2D eigenvalue weighted by molar-refractivity contribution is 7.90. The number of benzene rings is 2. The predicted octanol–water partition coefficient (Wildman–Crippen LogP) is 5.89. The third-order valence-corrected chi connectivity index (χ3v) is 13.3. The van der Waals surface area contributed by atoms with Gasteiger partial charge >= 0.3 is 0 Å². The van der Waals surface area contributed by atoms with Crippen LogP contribution in [0.1, 0.15) is 66.9 Å². The summed E-state index contributed by atoms with van der Waals surface area (Å²) in [6.07, 6.45) is 9.52. The maximum Gasteiger partial charge on any atom is 0.264 e. The zero-order valence-electron chi connectivity index (χ0n) is 27.8. The molecule has 0 aromatic heterocycles. The molecule has 1 fully saturated rings. The number of ether oxygens (including phenoxy) is 4. The average Bonchev–Trinajstić information content (AvgIpc) is 3.18. The number of hydrogen-bond donors (Lipinski definition) is 1. The smallest absolute Gasteiger partial charge is 0.264 e. The lowest BCUT2D eigenvalue weighted by molar-refractivity contribution is -0.233. The molecule has 2 aromatic carbocycles. The number of allylic oxidation sites excluding steroid dienone is 1. The van der Waals surface area contributed by atoms with Crippen LogP contribution in [-0.2, 0) is 36.1 Å². The van der Waals surface area contributed by atoms with Gasteiger partial charge in [0.2, 0.25) is 10.0 Å². The predicted molar refractivity (Wildman–Crippen MR) is 183 cm³/mol. The van der Waals surface area contributed by atoms with Gasteiger partial charge in [0, 0.05) is 62.9 Å². The van der Waals surface area contributed by atoms with Crippen LogP contribution in [0, 0.1) is 17.8 Å². The van der Waals surface area contributed by atoms with Crippen molar-refractivity contribution in [2.75, 3.05) is 52.5 Å². The zero-order valence-corrected chi connectivity index (χ0v) is 29.4. The Labute approximate surface area is 284 Å². The van der Waals surface area contributed by atoms with Crippen LogP contribution in [0.2, 0.25) is 5.02 Å². The number of methoxy groups -OCH3 is 3. The van der Waals surface area contributed by atoms with E-state index in [2.05, 4.69) is 21.8 Å². The van der Waals surface area contributed by atoms with Crippen LogP contribution in [0.15, 0.2) is 48.6 Å². The third-order valence-electron chi connectivity index (χ3n) is 11.1. The minimum atomic E-state index is -4.05. The van der Waals surface area contributed by atoms with Crippen molar-refractivity contribution in [3.63, 3.8) is 0 Å². The molecule has 11 heteroatoms. The number of aryl methyl sites for hydroxylation is 1. The molecule has 6 rings (SSSR count). The Morgan fingerprint density at radius 3 is 2.64 bits per heavy atom. The molecule has 9 nitrogen and oxygen atoms in total. The highest BCUT2D eigenvalue weighted by Crippen LogP contribution is 2.49. The van der Waals surface area contributed by atoms with Crippen molar-refractivity contribution in [1.29, 1.82) is 0 Å². The summed E-state index contributed by atoms with van der Waals surface area (Å²) in [7, 11) is 0.838. The van der Waals surface area contributed by atoms with E-state index in [-0.39, 0.29) is 41.8 Å². The first-order valence-corrected chi connectivity index (χ1v) is 18.6. The van der Waals surface area contributed by atoms with Gasteiger partial charge in [-0.15, -0.1) is 0 Å². The normalized spacial score (nSPS) is 30.6. The number of halogens is 1. The van der Waals surface area contributed by atoms with Crippen molar-refractivity contribution >= 4 is 33.2 Å². The summed E-state index contributed by atoms with van der Waals surface area (Å²) < 4.78 is 54.0. The fourth-order valence-electron chi connectivity index (χ4n) is 8.34. The maximum atomic E-state index is 13.8. The SMILES string of the molecule is COCC[C@@H]1[C@@H](C)C/C=C/C(OC)(OC)[C@@H]2CC[C@H]2CN2C[C@@]3(CCCc4cc(Cl)ccc43)COc3ccc(cc32)C(=O)NS1(=O)=O. The number of hydrogen-bond acceptors (Lipinski definition) is 8. The maximum absolute atomic E-state index is 13.8. The molecular weight excluding hydrogens is 640 g/mol. The molecule has 0 unspecified atom stereocenters. The van der Waals surface area contributed by atoms with Gasteiger partial charge in [-0.1, -0.05) is 30.7 Å². The van der Waals surface area contributed by atoms with Crippen molar-refractivity contribution < 1.29 is 32.2 Å². The van der Waals surface area contributed by atoms with Crippen molar-refractivity contribution in [2.24, 2.45) is 17.8 Å². The van der Waals surface area contributed by atoms with Gasteiger partial charge in [0.25, 0.3) is 5.91 Å². The standard InChI is InChI=1S/C36H47ClN2O7S/c1-24-7-5-17-36(44-3,45-4)30-12-9-27(30)21-39-22-35(16-6-8-25-19-28(37)11-13-29(25)35)23-46-32-14-10-26(20-31(32)39)34(40)38-47(41,42)33(24)15-18-43-2/h5,10-11,13-14,17,19-20,24,27,30,33H,6-9,12,15-16,18,21-23H2,1-4H3,(H,38,40)/b17-5+/t24-,27-,30+,33+,35-/m0/s1. The highest BCUT2D eigenvalue weighted by Gasteiger charge is 2.49. The first-order valence-electron chi connectivity index (χ1n) is 16.7. The number of sulfonamides is 1. The molecule has 1 amide bonds. The van der Waals surface area contributed by atoms with E-state index in [0.717, 1.165) is 42.8 Å². The Kier molecular flexibility index (Phi) is 9.99. The van der Waals surface area contributed by atoms with E-state index in [0.29, 0.717) is 31.9 Å². The summed E-state index contributed by atoms with van der Waals surface area (Å²) in [6, 6.07) is 11.4. The van der Waals surface area contributed by atoms with E-state index >= 15 is 0 Å². The second kappa shape index (κ2) is 13.7. The van der Waals surface area contributed by atoms with E-state index in [4.69, 9.17) is 30.5 Å². The lowest BCUT2D eigenvalue weighted by atomic mass is 9.67. The van der Waals surface area contributed by atoms with E-state index in [9.17, 15) is 13.2 Å². The van der Waals surface area contributed by atoms with Crippen molar-refractivity contribution in [3.8, 4) is 5.75 Å². The summed E-state index contributed by atoms with van der Waals surface area (Å²) >= 11 is 6.44. The van der Waals surface area contributed by atoms with Gasteiger partial charge in [-0.05, 0) is 104 Å². The summed E-state index contributed by atoms with van der Waals surface area (Å²) in [5, 5.41) is -0.116. The minimum Gasteiger partial charge on any atom is -0.490 e. The Morgan fingerprint density at radius 2 is 1.91 bits per heavy atom. The molecule has 2 aromatic rings. The van der Waals surface area contributed by atoms with E-state index in [1.165, 1.54) is 11.1 Å². The summed E-state index contributed by atoms with van der Waals surface area (Å²) in [4.78, 5) is 16.0. The largest absolute Gasteiger partial charge is 0.490 e. The quantitative estimate of drug-likeness (QED) is 0.307. The van der Waals surface area contributed by atoms with Crippen LogP contribution in [0.4, 0.5) is 5.69 Å². The third kappa shape index (κ3) is 6.56. The average molecular weight is 687 g/mol. The molecule has 0 saturated heterocycles. The zero-order chi connectivity index (χ0) is 33.4. The van der Waals surface area contributed by atoms with Crippen molar-refractivity contribution in [3.05, 3.63) is 70.3 Å². The lowest BCUT2D eigenvalue weighted by Gasteiger charge is -2.49. The van der Waals surface area contributed by atoms with Gasteiger partial charge in [0.15, 0.2) is 5.79 Å². The fourth-order valence-corrected chi connectivity index (χ4v) is 10.2. The summed E-state index contributed by atoms with van der Waals surface area (Å²) in [5.74, 6) is -0.903. The molecule has 5 atom stereocenters. The van der Waals surface area contributed by atoms with Crippen LogP contribution in [0.3, 0.4) is 0 Å². The number of rotatable bonds is 5. The van der Waals surface area contributed by atoms with Crippen LogP contribution in [0.5, 0.6) is 5.75 Å². The number of nitrogens with zero attached hydrogens (tertiary/aromatic N) is 1. The number of anilines is 1. The second-order valence-corrected chi connectivity index (χ2v) is 16.1. The van der Waals surface area contributed by atoms with Crippen LogP contribution in [0.25, 0.3) is 0 Å². The van der Waals surface area contributed by atoms with Gasteiger partial charge in [-0.3, -0.25) is 4.79 Å². The molecule has 2 aliphatic heterocycles. The van der Waals surface area contributed by atoms with Crippen LogP contribution >= 0.6 is 11.6 Å². The summed E-state index contributed by atoms with van der Waals surface area (Å²) in [5.41, 5.74) is 3.27. The number of carbonyl (C=O) groups excluding carboxylic acids is 1. The molecule has 1 spiro atoms. The molecule has 2 heterocycles. The van der Waals surface area contributed by atoms with Gasteiger partial charge in [0.1, 0.15) is 5.75 Å². The van der Waals surface area contributed by atoms with Gasteiger partial charge in [-0.25, -0.2) is 13.1 Å². The van der Waals surface area contributed by atoms with Crippen molar-refractivity contribution in [1.82, 2.24) is 4.72 Å². The van der Waals surface area contributed by atoms with Crippen molar-refractivity contribution in [2.45, 2.75) is 68.3 Å². The number of carbonyl (C=O) groups is 1. The Hall–Kier alpha value is -2.63. The molecule has 47 heavy (non-hydrogen) atoms. The van der Waals surface area contributed by atoms with Gasteiger partial charge in [0.05, 0.1) is 17.5 Å². The fraction of sp³-hybridized carbons (Fsp3) is 0.583. The highest BCUT2D eigenvalue weighted by atomic mass is 35.5. The first kappa shape index (κ1) is 34.2. The van der Waals surface area contributed by atoms with E-state index in [1.54, 1.807) is 39.5 Å². The molecule has 0 radical (unpaired) electrons. The molecule has 1 saturated carbocycles. The van der Waals surface area contributed by atoms with Gasteiger partial charge < -0.3 is 23.8 Å². The van der Waals surface area contributed by atoms with E-state index in [1.807, 2.05) is 25.1 Å². The number of nitrogens with one attached hydrogen (secondary N) is 1. The van der Waals surface area contributed by atoms with Crippen LogP contribution in [-0.4, -0.2) is 73.0 Å². The Bertz CT molecular complexity index is 1610. The first-order chi connectivity index (χ1) is 22.5. The van der Waals surface area contributed by atoms with Crippen LogP contribution < -0.4 is 14.4 Å². The molecule has 256 valence electrons. The molecule has 2 aliphatic carbocycles. The molecule has 2 bridgehead atoms. The van der Waals surface area contributed by atoms with Gasteiger partial charge in [-0.2, -0.15) is 0 Å². The minimum absolute atomic E-state index is 0.0810. The monoisotopic (exact) mass is 686 g/mol.